The van der Waals surface area contributed by atoms with E-state index in [9.17, 15) is 5.11 Å². The van der Waals surface area contributed by atoms with E-state index < -0.39 is 5.60 Å². The van der Waals surface area contributed by atoms with Gasteiger partial charge in [-0.05, 0) is 24.5 Å². The van der Waals surface area contributed by atoms with Crippen LogP contribution in [0.5, 0.6) is 0 Å². The molecule has 1 N–H and O–H groups in total. The second-order valence-electron chi connectivity index (χ2n) is 6.82. The maximum absolute atomic E-state index is 11.2. The molecule has 1 aromatic carbocycles. The van der Waals surface area contributed by atoms with Crippen LogP contribution in [0.15, 0.2) is 42.6 Å². The van der Waals surface area contributed by atoms with Crippen molar-refractivity contribution in [3.05, 3.63) is 53.9 Å². The fraction of sp³-hybridized carbons (Fsp3) is 0.500. The Morgan fingerprint density at radius 3 is 2.48 bits per heavy atom. The number of benzene rings is 1. The van der Waals surface area contributed by atoms with Gasteiger partial charge in [-0.15, -0.1) is 0 Å². The topological polar surface area (TPSA) is 50.5 Å². The lowest BCUT2D eigenvalue weighted by Gasteiger charge is -2.51. The van der Waals surface area contributed by atoms with Crippen molar-refractivity contribution < 1.29 is 9.84 Å². The maximum atomic E-state index is 11.2. The molecule has 0 spiro atoms. The number of aromatic nitrogens is 2. The third-order valence-corrected chi connectivity index (χ3v) is 5.10. The fourth-order valence-electron chi connectivity index (χ4n) is 3.97. The number of hydrogen-bond acceptors (Lipinski definition) is 4. The average molecular weight is 313 g/mol. The third-order valence-electron chi connectivity index (χ3n) is 5.10. The van der Waals surface area contributed by atoms with Crippen molar-refractivity contribution >= 4 is 0 Å². The standard InChI is InChI=1S/C18H23N3O2/c1-20-8-7-17(19-20)18(22)9-15-12-23-13-16(10-18)21(15)11-14-5-3-2-4-6-14/h2-8,15-16,22H,9-13H2,1H3. The number of piperidine rings is 1. The molecule has 0 amide bonds. The number of nitrogens with zero attached hydrogens (tertiary/aromatic N) is 3. The Labute approximate surface area is 136 Å². The van der Waals surface area contributed by atoms with Gasteiger partial charge in [0.2, 0.25) is 0 Å². The number of aryl methyl sites for hydroxylation is 1. The molecule has 0 saturated carbocycles. The summed E-state index contributed by atoms with van der Waals surface area (Å²) in [5, 5.41) is 15.6. The molecule has 5 heteroatoms. The van der Waals surface area contributed by atoms with Crippen molar-refractivity contribution in [3.8, 4) is 0 Å². The van der Waals surface area contributed by atoms with Crippen LogP contribution < -0.4 is 0 Å². The highest BCUT2D eigenvalue weighted by molar-refractivity contribution is 5.18. The monoisotopic (exact) mass is 313 g/mol. The maximum Gasteiger partial charge on any atom is 0.111 e. The molecule has 4 rings (SSSR count). The smallest absolute Gasteiger partial charge is 0.111 e. The molecule has 2 unspecified atom stereocenters. The quantitative estimate of drug-likeness (QED) is 0.936. The molecule has 122 valence electrons. The average Bonchev–Trinajstić information content (AvgIpc) is 2.97. The summed E-state index contributed by atoms with van der Waals surface area (Å²) in [5.74, 6) is 0. The van der Waals surface area contributed by atoms with E-state index >= 15 is 0 Å². The first kappa shape index (κ1) is 14.9. The van der Waals surface area contributed by atoms with Crippen LogP contribution in [0.1, 0.15) is 24.1 Å². The molecule has 2 saturated heterocycles. The van der Waals surface area contributed by atoms with Crippen LogP contribution in [0.3, 0.4) is 0 Å². The van der Waals surface area contributed by atoms with Crippen LogP contribution in [0.2, 0.25) is 0 Å². The lowest BCUT2D eigenvalue weighted by Crippen LogP contribution is -2.60. The third kappa shape index (κ3) is 2.80. The molecule has 3 heterocycles. The highest BCUT2D eigenvalue weighted by Crippen LogP contribution is 2.40. The summed E-state index contributed by atoms with van der Waals surface area (Å²) in [6.45, 7) is 2.27. The van der Waals surface area contributed by atoms with E-state index in [-0.39, 0.29) is 12.1 Å². The van der Waals surface area contributed by atoms with E-state index in [1.165, 1.54) is 5.56 Å². The molecule has 2 bridgehead atoms. The molecular formula is C18H23N3O2. The Bertz CT molecular complexity index is 656. The summed E-state index contributed by atoms with van der Waals surface area (Å²) in [6, 6.07) is 12.9. The molecule has 2 atom stereocenters. The van der Waals surface area contributed by atoms with E-state index in [2.05, 4.69) is 34.3 Å². The number of fused-ring (bicyclic) bond motifs is 2. The highest BCUT2D eigenvalue weighted by Gasteiger charge is 2.47. The van der Waals surface area contributed by atoms with Crippen LogP contribution >= 0.6 is 0 Å². The van der Waals surface area contributed by atoms with Crippen LogP contribution in [0.4, 0.5) is 0 Å². The number of rotatable bonds is 3. The summed E-state index contributed by atoms with van der Waals surface area (Å²) in [4.78, 5) is 2.50. The molecule has 23 heavy (non-hydrogen) atoms. The van der Waals surface area contributed by atoms with Gasteiger partial charge in [0.15, 0.2) is 0 Å². The van der Waals surface area contributed by atoms with E-state index in [4.69, 9.17) is 4.74 Å². The van der Waals surface area contributed by atoms with Crippen molar-refractivity contribution in [2.24, 2.45) is 7.05 Å². The van der Waals surface area contributed by atoms with Gasteiger partial charge in [-0.1, -0.05) is 30.3 Å². The molecule has 5 nitrogen and oxygen atoms in total. The van der Waals surface area contributed by atoms with Crippen LogP contribution in [0, 0.1) is 0 Å². The summed E-state index contributed by atoms with van der Waals surface area (Å²) in [6.07, 6.45) is 3.25. The van der Waals surface area contributed by atoms with Crippen LogP contribution in [0.25, 0.3) is 0 Å². The van der Waals surface area contributed by atoms with E-state index in [1.807, 2.05) is 25.4 Å². The molecule has 2 aromatic rings. The van der Waals surface area contributed by atoms with Gasteiger partial charge in [-0.3, -0.25) is 9.58 Å². The first-order valence-corrected chi connectivity index (χ1v) is 8.24. The van der Waals surface area contributed by atoms with E-state index in [0.29, 0.717) is 26.1 Å². The molecule has 2 aliphatic rings. The minimum Gasteiger partial charge on any atom is -0.383 e. The molecule has 1 aromatic heterocycles. The summed E-state index contributed by atoms with van der Waals surface area (Å²) >= 11 is 0. The van der Waals surface area contributed by atoms with Crippen molar-refractivity contribution in [1.29, 1.82) is 0 Å². The molecule has 0 radical (unpaired) electrons. The zero-order valence-electron chi connectivity index (χ0n) is 13.4. The first-order valence-electron chi connectivity index (χ1n) is 8.24. The van der Waals surface area contributed by atoms with E-state index in [1.54, 1.807) is 4.68 Å². The second kappa shape index (κ2) is 5.74. The molecule has 0 aliphatic carbocycles. The minimum atomic E-state index is -0.840. The normalized spacial score (nSPS) is 31.2. The van der Waals surface area contributed by atoms with Gasteiger partial charge in [0, 0.05) is 31.9 Å². The Morgan fingerprint density at radius 1 is 1.17 bits per heavy atom. The Morgan fingerprint density at radius 2 is 1.87 bits per heavy atom. The number of aliphatic hydroxyl groups is 1. The predicted octanol–water partition coefficient (Wildman–Crippen LogP) is 1.67. The summed E-state index contributed by atoms with van der Waals surface area (Å²) < 4.78 is 7.52. The van der Waals surface area contributed by atoms with Gasteiger partial charge in [-0.25, -0.2) is 0 Å². The Hall–Kier alpha value is -1.69. The Kier molecular flexibility index (Phi) is 3.71. The largest absolute Gasteiger partial charge is 0.383 e. The van der Waals surface area contributed by atoms with Crippen LogP contribution in [-0.2, 0) is 23.9 Å². The van der Waals surface area contributed by atoms with Gasteiger partial charge >= 0.3 is 0 Å². The van der Waals surface area contributed by atoms with Gasteiger partial charge in [0.1, 0.15) is 5.60 Å². The van der Waals surface area contributed by atoms with Crippen LogP contribution in [-0.4, -0.2) is 45.1 Å². The van der Waals surface area contributed by atoms with Crippen molar-refractivity contribution in [3.63, 3.8) is 0 Å². The second-order valence-corrected chi connectivity index (χ2v) is 6.82. The number of ether oxygens (including phenoxy) is 1. The van der Waals surface area contributed by atoms with Gasteiger partial charge < -0.3 is 9.84 Å². The summed E-state index contributed by atoms with van der Waals surface area (Å²) in [7, 11) is 1.89. The van der Waals surface area contributed by atoms with Crippen molar-refractivity contribution in [1.82, 2.24) is 14.7 Å². The minimum absolute atomic E-state index is 0.231. The van der Waals surface area contributed by atoms with Gasteiger partial charge in [0.25, 0.3) is 0 Å². The molecule has 2 fully saturated rings. The van der Waals surface area contributed by atoms with Crippen molar-refractivity contribution in [2.75, 3.05) is 13.2 Å². The molecule has 2 aliphatic heterocycles. The SMILES string of the molecule is Cn1ccc(C2(O)CC3COCC(C2)N3Cc2ccccc2)n1. The molecular weight excluding hydrogens is 290 g/mol. The Balaban J connectivity index is 1.57. The zero-order chi connectivity index (χ0) is 15.9. The fourth-order valence-corrected chi connectivity index (χ4v) is 3.97. The highest BCUT2D eigenvalue weighted by atomic mass is 16.5. The predicted molar refractivity (Wildman–Crippen MR) is 86.7 cm³/mol. The first-order chi connectivity index (χ1) is 11.1. The van der Waals surface area contributed by atoms with Gasteiger partial charge in [0.05, 0.1) is 18.9 Å². The lowest BCUT2D eigenvalue weighted by atomic mass is 9.79. The van der Waals surface area contributed by atoms with Gasteiger partial charge in [-0.2, -0.15) is 5.10 Å². The zero-order valence-corrected chi connectivity index (χ0v) is 13.4. The number of hydrogen-bond donors (Lipinski definition) is 1. The lowest BCUT2D eigenvalue weighted by molar-refractivity contribution is -0.151. The number of morpholine rings is 1. The summed E-state index contributed by atoms with van der Waals surface area (Å²) in [5.41, 5.74) is 1.26. The van der Waals surface area contributed by atoms with Crippen molar-refractivity contribution in [2.45, 2.75) is 37.1 Å². The van der Waals surface area contributed by atoms with E-state index in [0.717, 1.165) is 12.2 Å².